The molecule has 2 aromatic rings. The number of terminal acetylenes is 1. The number of hydrogen-bond donors (Lipinski definition) is 1. The number of carbonyl (C=O) groups excluding carboxylic acids is 1. The van der Waals surface area contributed by atoms with Crippen molar-refractivity contribution in [3.8, 4) is 18.1 Å². The van der Waals surface area contributed by atoms with Gasteiger partial charge in [-0.05, 0) is 37.6 Å². The third-order valence-corrected chi connectivity index (χ3v) is 4.11. The monoisotopic (exact) mass is 370 g/mol. The first-order valence-corrected chi connectivity index (χ1v) is 8.77. The van der Waals surface area contributed by atoms with Crippen LogP contribution in [0.25, 0.3) is 10.9 Å². The second kappa shape index (κ2) is 9.36. The van der Waals surface area contributed by atoms with E-state index >= 15 is 0 Å². The van der Waals surface area contributed by atoms with Crippen LogP contribution in [0.4, 0.5) is 0 Å². The smallest absolute Gasteiger partial charge is 0.261 e. The van der Waals surface area contributed by atoms with Crippen molar-refractivity contribution in [3.63, 3.8) is 0 Å². The van der Waals surface area contributed by atoms with Crippen LogP contribution in [0.3, 0.4) is 0 Å². The van der Waals surface area contributed by atoms with Crippen LogP contribution in [0.1, 0.15) is 25.8 Å². The lowest BCUT2D eigenvalue weighted by atomic mass is 10.0. The van der Waals surface area contributed by atoms with Crippen molar-refractivity contribution >= 4 is 16.8 Å². The Labute approximate surface area is 160 Å². The molecule has 1 aromatic heterocycles. The van der Waals surface area contributed by atoms with Crippen LogP contribution in [-0.2, 0) is 14.3 Å². The first-order valence-electron chi connectivity index (χ1n) is 8.77. The van der Waals surface area contributed by atoms with Crippen LogP contribution in [-0.4, -0.2) is 50.0 Å². The second-order valence-corrected chi connectivity index (χ2v) is 6.65. The molecule has 0 fully saturated rings. The fourth-order valence-corrected chi connectivity index (χ4v) is 2.88. The highest BCUT2D eigenvalue weighted by Gasteiger charge is 2.30. The van der Waals surface area contributed by atoms with Crippen molar-refractivity contribution in [2.45, 2.75) is 31.9 Å². The average molecular weight is 370 g/mol. The molecule has 0 bridgehead atoms. The summed E-state index contributed by atoms with van der Waals surface area (Å²) >= 11 is 0. The van der Waals surface area contributed by atoms with Crippen LogP contribution in [0, 0.1) is 12.3 Å². The van der Waals surface area contributed by atoms with Crippen molar-refractivity contribution in [3.05, 3.63) is 36.0 Å². The lowest BCUT2D eigenvalue weighted by molar-refractivity contribution is -0.131. The number of methoxy groups -OCH3 is 2. The number of amides is 1. The van der Waals surface area contributed by atoms with Gasteiger partial charge in [-0.25, -0.2) is 0 Å². The van der Waals surface area contributed by atoms with Crippen molar-refractivity contribution in [1.82, 2.24) is 10.3 Å². The molecular formula is C21H26N2O4. The topological polar surface area (TPSA) is 69.7 Å². The summed E-state index contributed by atoms with van der Waals surface area (Å²) in [6, 6.07) is 7.34. The highest BCUT2D eigenvalue weighted by molar-refractivity contribution is 5.83. The Kier molecular flexibility index (Phi) is 7.17. The normalized spacial score (nSPS) is 12.4. The van der Waals surface area contributed by atoms with E-state index in [0.29, 0.717) is 30.9 Å². The highest BCUT2D eigenvalue weighted by Crippen LogP contribution is 2.22. The van der Waals surface area contributed by atoms with Gasteiger partial charge < -0.3 is 19.5 Å². The summed E-state index contributed by atoms with van der Waals surface area (Å²) in [4.78, 5) is 17.0. The molecule has 144 valence electrons. The number of benzene rings is 1. The number of carbonyl (C=O) groups is 1. The van der Waals surface area contributed by atoms with Crippen molar-refractivity contribution in [2.24, 2.45) is 0 Å². The number of aromatic nitrogens is 1. The van der Waals surface area contributed by atoms with Crippen molar-refractivity contribution < 1.29 is 19.0 Å². The number of rotatable bonds is 9. The van der Waals surface area contributed by atoms with Gasteiger partial charge in [0.15, 0.2) is 6.10 Å². The van der Waals surface area contributed by atoms with Crippen LogP contribution in [0.2, 0.25) is 0 Å². The van der Waals surface area contributed by atoms with E-state index in [0.717, 1.165) is 10.9 Å². The minimum absolute atomic E-state index is 0.218. The van der Waals surface area contributed by atoms with Gasteiger partial charge in [-0.2, -0.15) is 0 Å². The molecule has 1 amide bonds. The van der Waals surface area contributed by atoms with E-state index in [-0.39, 0.29) is 5.91 Å². The van der Waals surface area contributed by atoms with Crippen LogP contribution < -0.4 is 10.1 Å². The molecule has 0 aliphatic heterocycles. The third kappa shape index (κ3) is 5.43. The second-order valence-electron chi connectivity index (χ2n) is 6.65. The Morgan fingerprint density at radius 1 is 1.30 bits per heavy atom. The predicted molar refractivity (Wildman–Crippen MR) is 105 cm³/mol. The summed E-state index contributed by atoms with van der Waals surface area (Å²) in [5.41, 5.74) is 0.873. The van der Waals surface area contributed by atoms with Gasteiger partial charge >= 0.3 is 0 Å². The third-order valence-electron chi connectivity index (χ3n) is 4.11. The molecule has 0 saturated heterocycles. The van der Waals surface area contributed by atoms with Gasteiger partial charge in [0.05, 0.1) is 24.3 Å². The minimum atomic E-state index is -0.640. The van der Waals surface area contributed by atoms with Crippen LogP contribution >= 0.6 is 0 Å². The molecule has 1 N–H and O–H groups in total. The summed E-state index contributed by atoms with van der Waals surface area (Å²) in [6.07, 6.45) is 6.96. The Hall–Kier alpha value is -2.62. The number of fused-ring (bicyclic) bond motifs is 1. The summed E-state index contributed by atoms with van der Waals surface area (Å²) in [6.45, 7) is 4.43. The molecule has 1 atom stereocenters. The van der Waals surface area contributed by atoms with Crippen molar-refractivity contribution in [1.29, 1.82) is 0 Å². The molecule has 0 aliphatic carbocycles. The fourth-order valence-electron chi connectivity index (χ4n) is 2.88. The molecule has 0 saturated carbocycles. The van der Waals surface area contributed by atoms with E-state index in [9.17, 15) is 4.79 Å². The predicted octanol–water partition coefficient (Wildman–Crippen LogP) is 2.54. The minimum Gasteiger partial charge on any atom is -0.481 e. The Morgan fingerprint density at radius 3 is 2.59 bits per heavy atom. The molecule has 1 unspecified atom stereocenters. The Bertz CT molecular complexity index is 823. The summed E-state index contributed by atoms with van der Waals surface area (Å²) in [5, 5.41) is 3.83. The lowest BCUT2D eigenvalue weighted by Crippen LogP contribution is -2.56. The largest absolute Gasteiger partial charge is 0.481 e. The molecule has 1 heterocycles. The average Bonchev–Trinajstić information content (AvgIpc) is 2.65. The van der Waals surface area contributed by atoms with E-state index in [1.54, 1.807) is 26.5 Å². The lowest BCUT2D eigenvalue weighted by Gasteiger charge is -2.31. The first-order chi connectivity index (χ1) is 12.9. The van der Waals surface area contributed by atoms with Crippen LogP contribution in [0.5, 0.6) is 5.75 Å². The molecule has 27 heavy (non-hydrogen) atoms. The quantitative estimate of drug-likeness (QED) is 0.687. The SMILES string of the molecule is C#Cc1cnc2ccc(OC(CC)C(=O)NC(C)(COC)COC)cc2c1. The number of nitrogens with zero attached hydrogens (tertiary/aromatic N) is 1. The number of hydrogen-bond acceptors (Lipinski definition) is 5. The fraction of sp³-hybridized carbons (Fsp3) is 0.429. The van der Waals surface area contributed by atoms with Gasteiger partial charge in [0.2, 0.25) is 0 Å². The van der Waals surface area contributed by atoms with E-state index in [1.165, 1.54) is 0 Å². The van der Waals surface area contributed by atoms with Gasteiger partial charge in [0.25, 0.3) is 5.91 Å². The number of ether oxygens (including phenoxy) is 3. The maximum absolute atomic E-state index is 12.7. The van der Waals surface area contributed by atoms with E-state index in [4.69, 9.17) is 20.6 Å². The van der Waals surface area contributed by atoms with Gasteiger partial charge in [-0.1, -0.05) is 12.8 Å². The van der Waals surface area contributed by atoms with Gasteiger partial charge in [-0.3, -0.25) is 9.78 Å². The molecule has 1 aromatic carbocycles. The van der Waals surface area contributed by atoms with E-state index in [1.807, 2.05) is 32.0 Å². The Balaban J connectivity index is 2.16. The number of pyridine rings is 1. The maximum atomic E-state index is 12.7. The van der Waals surface area contributed by atoms with Crippen LogP contribution in [0.15, 0.2) is 30.5 Å². The zero-order valence-electron chi connectivity index (χ0n) is 16.2. The molecule has 0 spiro atoms. The highest BCUT2D eigenvalue weighted by atomic mass is 16.5. The summed E-state index contributed by atoms with van der Waals surface area (Å²) < 4.78 is 16.3. The van der Waals surface area contributed by atoms with E-state index < -0.39 is 11.6 Å². The molecule has 2 rings (SSSR count). The zero-order valence-corrected chi connectivity index (χ0v) is 16.2. The van der Waals surface area contributed by atoms with Crippen molar-refractivity contribution in [2.75, 3.05) is 27.4 Å². The Morgan fingerprint density at radius 2 is 2.00 bits per heavy atom. The molecular weight excluding hydrogens is 344 g/mol. The number of nitrogens with one attached hydrogen (secondary N) is 1. The zero-order chi connectivity index (χ0) is 19.9. The summed E-state index contributed by atoms with van der Waals surface area (Å²) in [5.74, 6) is 2.93. The van der Waals surface area contributed by atoms with Gasteiger partial charge in [0, 0.05) is 31.4 Å². The first kappa shape index (κ1) is 20.7. The van der Waals surface area contributed by atoms with Gasteiger partial charge in [0.1, 0.15) is 5.75 Å². The van der Waals surface area contributed by atoms with Gasteiger partial charge in [-0.15, -0.1) is 6.42 Å². The summed E-state index contributed by atoms with van der Waals surface area (Å²) in [7, 11) is 3.17. The molecule has 0 radical (unpaired) electrons. The molecule has 6 nitrogen and oxygen atoms in total. The molecule has 0 aliphatic rings. The molecule has 6 heteroatoms. The standard InChI is InChI=1S/C21H26N2O4/c1-6-15-10-16-11-17(8-9-18(16)22-12-15)27-19(7-2)20(24)23-21(3,13-25-4)14-26-5/h1,8-12,19H,7,13-14H2,2-5H3,(H,23,24). The van der Waals surface area contributed by atoms with E-state index in [2.05, 4.69) is 16.2 Å². The maximum Gasteiger partial charge on any atom is 0.261 e.